The normalized spacial score (nSPS) is 18.6. The van der Waals surface area contributed by atoms with Gasteiger partial charge in [-0.05, 0) is 31.0 Å². The molecule has 122 valence electrons. The minimum atomic E-state index is 0.423. The molecule has 1 saturated heterocycles. The van der Waals surface area contributed by atoms with Crippen LogP contribution in [0.1, 0.15) is 30.0 Å². The molecule has 0 N–H and O–H groups in total. The van der Waals surface area contributed by atoms with Gasteiger partial charge in [0.15, 0.2) is 5.82 Å². The first-order chi connectivity index (χ1) is 11.9. The number of hydrogen-bond donors (Lipinski definition) is 0. The Morgan fingerprint density at radius 3 is 2.92 bits per heavy atom. The van der Waals surface area contributed by atoms with Gasteiger partial charge >= 0.3 is 0 Å². The van der Waals surface area contributed by atoms with Crippen LogP contribution in [0, 0.1) is 0 Å². The number of imidazole rings is 1. The van der Waals surface area contributed by atoms with Crippen LogP contribution < -0.4 is 0 Å². The van der Waals surface area contributed by atoms with Gasteiger partial charge in [-0.25, -0.2) is 9.97 Å². The standard InChI is InChI=1S/C18H20N6/c1-3-15(9-19-5-1)12-23-7-2-4-16(13-23)17-10-21-11-18(22-17)24-8-6-20-14-24/h1,3,5-6,8-11,14,16H,2,4,7,12-13H2/t16-/m1/s1. The highest BCUT2D eigenvalue weighted by Gasteiger charge is 2.23. The van der Waals surface area contributed by atoms with Crippen molar-refractivity contribution in [3.05, 3.63) is 66.9 Å². The van der Waals surface area contributed by atoms with Crippen molar-refractivity contribution in [3.63, 3.8) is 0 Å². The van der Waals surface area contributed by atoms with Gasteiger partial charge in [-0.15, -0.1) is 0 Å². The van der Waals surface area contributed by atoms with Crippen molar-refractivity contribution in [1.29, 1.82) is 0 Å². The Balaban J connectivity index is 1.49. The van der Waals surface area contributed by atoms with Crippen molar-refractivity contribution in [2.24, 2.45) is 0 Å². The molecule has 4 heterocycles. The van der Waals surface area contributed by atoms with E-state index in [-0.39, 0.29) is 0 Å². The second-order valence-electron chi connectivity index (χ2n) is 6.21. The maximum atomic E-state index is 4.80. The molecule has 1 fully saturated rings. The lowest BCUT2D eigenvalue weighted by Gasteiger charge is -2.32. The smallest absolute Gasteiger partial charge is 0.156 e. The third kappa shape index (κ3) is 3.33. The first kappa shape index (κ1) is 15.0. The quantitative estimate of drug-likeness (QED) is 0.739. The number of rotatable bonds is 4. The number of pyridine rings is 1. The van der Waals surface area contributed by atoms with Crippen LogP contribution in [0.5, 0.6) is 0 Å². The molecule has 0 saturated carbocycles. The number of hydrogen-bond acceptors (Lipinski definition) is 5. The molecule has 0 spiro atoms. The van der Waals surface area contributed by atoms with Crippen molar-refractivity contribution < 1.29 is 0 Å². The summed E-state index contributed by atoms with van der Waals surface area (Å²) in [6.45, 7) is 3.08. The molecule has 1 aliphatic heterocycles. The highest BCUT2D eigenvalue weighted by atomic mass is 15.1. The number of piperidine rings is 1. The van der Waals surface area contributed by atoms with Crippen LogP contribution >= 0.6 is 0 Å². The number of nitrogens with zero attached hydrogens (tertiary/aromatic N) is 6. The van der Waals surface area contributed by atoms with Gasteiger partial charge in [-0.2, -0.15) is 0 Å². The van der Waals surface area contributed by atoms with Crippen LogP contribution in [0.25, 0.3) is 5.82 Å². The highest BCUT2D eigenvalue weighted by molar-refractivity contribution is 5.21. The summed E-state index contributed by atoms with van der Waals surface area (Å²) in [6.07, 6.45) is 15.2. The van der Waals surface area contributed by atoms with Crippen molar-refractivity contribution in [2.45, 2.75) is 25.3 Å². The van der Waals surface area contributed by atoms with E-state index in [1.807, 2.05) is 35.4 Å². The van der Waals surface area contributed by atoms with Gasteiger partial charge in [0, 0.05) is 50.0 Å². The van der Waals surface area contributed by atoms with E-state index in [0.717, 1.165) is 37.6 Å². The molecule has 0 bridgehead atoms. The monoisotopic (exact) mass is 320 g/mol. The van der Waals surface area contributed by atoms with E-state index in [4.69, 9.17) is 4.98 Å². The SMILES string of the molecule is c1cncc(CN2CCC[C@@H](c3cncc(-n4ccnc4)n3)C2)c1. The average Bonchev–Trinajstić information content (AvgIpc) is 3.18. The van der Waals surface area contributed by atoms with Crippen molar-refractivity contribution >= 4 is 0 Å². The van der Waals surface area contributed by atoms with Crippen LogP contribution in [0.2, 0.25) is 0 Å². The molecule has 0 unspecified atom stereocenters. The highest BCUT2D eigenvalue weighted by Crippen LogP contribution is 2.26. The van der Waals surface area contributed by atoms with E-state index in [2.05, 4.69) is 25.9 Å². The van der Waals surface area contributed by atoms with Crippen LogP contribution in [-0.4, -0.2) is 42.5 Å². The van der Waals surface area contributed by atoms with E-state index in [1.54, 1.807) is 18.7 Å². The van der Waals surface area contributed by atoms with Crippen LogP contribution in [0.3, 0.4) is 0 Å². The molecule has 6 nitrogen and oxygen atoms in total. The summed E-state index contributed by atoms with van der Waals surface area (Å²) in [5, 5.41) is 0. The molecule has 0 aromatic carbocycles. The van der Waals surface area contributed by atoms with Crippen molar-refractivity contribution in [2.75, 3.05) is 13.1 Å². The summed E-state index contributed by atoms with van der Waals surface area (Å²) >= 11 is 0. The molecule has 3 aromatic heterocycles. The van der Waals surface area contributed by atoms with Gasteiger partial charge in [0.2, 0.25) is 0 Å². The zero-order chi connectivity index (χ0) is 16.2. The molecule has 1 aliphatic rings. The van der Waals surface area contributed by atoms with E-state index >= 15 is 0 Å². The lowest BCUT2D eigenvalue weighted by atomic mass is 9.94. The molecule has 4 rings (SSSR count). The van der Waals surface area contributed by atoms with Crippen molar-refractivity contribution in [3.8, 4) is 5.82 Å². The number of likely N-dealkylation sites (tertiary alicyclic amines) is 1. The average molecular weight is 320 g/mol. The van der Waals surface area contributed by atoms with Crippen molar-refractivity contribution in [1.82, 2.24) is 29.4 Å². The Hall–Kier alpha value is -2.60. The minimum absolute atomic E-state index is 0.423. The van der Waals surface area contributed by atoms with Gasteiger partial charge in [0.1, 0.15) is 6.33 Å². The van der Waals surface area contributed by atoms with Gasteiger partial charge in [-0.1, -0.05) is 6.07 Å². The molecule has 0 amide bonds. The first-order valence-corrected chi connectivity index (χ1v) is 8.30. The molecular formula is C18H20N6. The van der Waals surface area contributed by atoms with Gasteiger partial charge < -0.3 is 0 Å². The summed E-state index contributed by atoms with van der Waals surface area (Å²) in [4.78, 5) is 20.0. The third-order valence-corrected chi connectivity index (χ3v) is 4.46. The summed E-state index contributed by atoms with van der Waals surface area (Å²) in [5.41, 5.74) is 2.33. The molecule has 0 aliphatic carbocycles. The fraction of sp³-hybridized carbons (Fsp3) is 0.333. The topological polar surface area (TPSA) is 59.7 Å². The maximum absolute atomic E-state index is 4.80. The predicted octanol–water partition coefficient (Wildman–Crippen LogP) is 2.44. The van der Waals surface area contributed by atoms with Crippen LogP contribution in [0.4, 0.5) is 0 Å². The Morgan fingerprint density at radius 2 is 2.08 bits per heavy atom. The predicted molar refractivity (Wildman–Crippen MR) is 90.6 cm³/mol. The Kier molecular flexibility index (Phi) is 4.29. The molecule has 1 atom stereocenters. The zero-order valence-electron chi connectivity index (χ0n) is 13.5. The zero-order valence-corrected chi connectivity index (χ0v) is 13.5. The lowest BCUT2D eigenvalue weighted by molar-refractivity contribution is 0.198. The summed E-state index contributed by atoms with van der Waals surface area (Å²) < 4.78 is 1.90. The van der Waals surface area contributed by atoms with E-state index in [0.29, 0.717) is 5.92 Å². The lowest BCUT2D eigenvalue weighted by Crippen LogP contribution is -2.34. The Bertz CT molecular complexity index is 771. The van der Waals surface area contributed by atoms with Gasteiger partial charge in [-0.3, -0.25) is 19.4 Å². The minimum Gasteiger partial charge on any atom is -0.298 e. The first-order valence-electron chi connectivity index (χ1n) is 8.30. The second kappa shape index (κ2) is 6.88. The molecule has 6 heteroatoms. The second-order valence-corrected chi connectivity index (χ2v) is 6.21. The number of aromatic nitrogens is 5. The molecule has 24 heavy (non-hydrogen) atoms. The van der Waals surface area contributed by atoms with Crippen LogP contribution in [0.15, 0.2) is 55.6 Å². The Morgan fingerprint density at radius 1 is 1.08 bits per heavy atom. The molecule has 0 radical (unpaired) electrons. The fourth-order valence-electron chi connectivity index (χ4n) is 3.28. The van der Waals surface area contributed by atoms with E-state index < -0.39 is 0 Å². The molecule has 3 aromatic rings. The summed E-state index contributed by atoms with van der Waals surface area (Å²) in [7, 11) is 0. The van der Waals surface area contributed by atoms with Gasteiger partial charge in [0.25, 0.3) is 0 Å². The fourth-order valence-corrected chi connectivity index (χ4v) is 3.28. The molecular weight excluding hydrogens is 300 g/mol. The summed E-state index contributed by atoms with van der Waals surface area (Å²) in [6, 6.07) is 4.13. The third-order valence-electron chi connectivity index (χ3n) is 4.46. The maximum Gasteiger partial charge on any atom is 0.156 e. The van der Waals surface area contributed by atoms with Crippen LogP contribution in [-0.2, 0) is 6.54 Å². The summed E-state index contributed by atoms with van der Waals surface area (Å²) in [5.74, 6) is 1.25. The Labute approximate surface area is 141 Å². The van der Waals surface area contributed by atoms with Gasteiger partial charge in [0.05, 0.1) is 11.9 Å². The van der Waals surface area contributed by atoms with E-state index in [1.165, 1.54) is 12.0 Å². The van der Waals surface area contributed by atoms with E-state index in [9.17, 15) is 0 Å². The largest absolute Gasteiger partial charge is 0.298 e.